The molecule has 1 atom stereocenters. The van der Waals surface area contributed by atoms with Crippen LogP contribution in [0.3, 0.4) is 0 Å². The molecule has 3 rings (SSSR count). The lowest BCUT2D eigenvalue weighted by Gasteiger charge is -2.35. The van der Waals surface area contributed by atoms with Gasteiger partial charge in [-0.05, 0) is 31.6 Å². The molecule has 10 nitrogen and oxygen atoms in total. The van der Waals surface area contributed by atoms with Crippen LogP contribution in [0.4, 0.5) is 0 Å². The van der Waals surface area contributed by atoms with Gasteiger partial charge in [-0.2, -0.15) is 0 Å². The molecule has 1 saturated carbocycles. The molecule has 0 bridgehead atoms. The maximum atomic E-state index is 13.1. The molecule has 1 aliphatic carbocycles. The maximum Gasteiger partial charge on any atom is 0.309 e. The number of Topliss-reactive ketones (excluding diaryl/α,β-unsaturated/α-hetero) is 1. The van der Waals surface area contributed by atoms with E-state index >= 15 is 0 Å². The van der Waals surface area contributed by atoms with E-state index in [9.17, 15) is 22.8 Å². The fourth-order valence-electron chi connectivity index (χ4n) is 4.47. The number of hydrogen-bond donors (Lipinski definition) is 2. The van der Waals surface area contributed by atoms with E-state index in [4.69, 9.17) is 0 Å². The summed E-state index contributed by atoms with van der Waals surface area (Å²) in [7, 11) is -1.46. The second-order valence-corrected chi connectivity index (χ2v) is 11.8. The van der Waals surface area contributed by atoms with Crippen LogP contribution < -0.4 is 10.7 Å². The first-order valence-electron chi connectivity index (χ1n) is 11.2. The van der Waals surface area contributed by atoms with Crippen molar-refractivity contribution in [2.75, 3.05) is 38.7 Å². The predicted molar refractivity (Wildman–Crippen MR) is 131 cm³/mol. The molecule has 0 aromatic rings. The molecule has 0 radical (unpaired) electrons. The number of carbonyl (C=O) groups is 3. The van der Waals surface area contributed by atoms with Gasteiger partial charge in [0.15, 0.2) is 5.17 Å². The number of halogens is 1. The zero-order valence-electron chi connectivity index (χ0n) is 19.1. The Morgan fingerprint density at radius 1 is 1.06 bits per heavy atom. The second kappa shape index (κ2) is 12.4. The van der Waals surface area contributed by atoms with Gasteiger partial charge in [-0.25, -0.2) is 18.1 Å². The number of sulfonamides is 1. The Hall–Kier alpha value is -1.37. The van der Waals surface area contributed by atoms with Crippen molar-refractivity contribution in [1.29, 1.82) is 0 Å². The highest BCUT2D eigenvalue weighted by molar-refractivity contribution is 8.14. The zero-order chi connectivity index (χ0) is 23.3. The number of ketones is 1. The van der Waals surface area contributed by atoms with Crippen LogP contribution in [-0.2, 0) is 24.4 Å². The molecule has 2 aliphatic heterocycles. The van der Waals surface area contributed by atoms with Gasteiger partial charge >= 0.3 is 5.91 Å². The van der Waals surface area contributed by atoms with E-state index in [1.165, 1.54) is 16.1 Å². The van der Waals surface area contributed by atoms with E-state index in [2.05, 4.69) is 15.8 Å². The van der Waals surface area contributed by atoms with Crippen LogP contribution in [0.15, 0.2) is 5.10 Å². The normalized spacial score (nSPS) is 23.1. The van der Waals surface area contributed by atoms with Crippen molar-refractivity contribution in [1.82, 2.24) is 19.9 Å². The average Bonchev–Trinajstić information content (AvgIpc) is 3.20. The van der Waals surface area contributed by atoms with Crippen LogP contribution in [-0.4, -0.2) is 85.1 Å². The molecular weight excluding hydrogens is 490 g/mol. The Balaban J connectivity index is 0.00000385. The summed E-state index contributed by atoms with van der Waals surface area (Å²) in [6.07, 6.45) is 6.57. The first kappa shape index (κ1) is 27.9. The summed E-state index contributed by atoms with van der Waals surface area (Å²) >= 11 is 1.49. The van der Waals surface area contributed by atoms with Crippen LogP contribution in [0, 0.1) is 11.8 Å². The maximum absolute atomic E-state index is 13.1. The Morgan fingerprint density at radius 3 is 2.24 bits per heavy atom. The molecule has 3 fully saturated rings. The van der Waals surface area contributed by atoms with E-state index in [1.807, 2.05) is 11.9 Å². The highest BCUT2D eigenvalue weighted by Crippen LogP contribution is 2.26. The van der Waals surface area contributed by atoms with Crippen molar-refractivity contribution in [3.8, 4) is 0 Å². The van der Waals surface area contributed by atoms with E-state index in [0.717, 1.165) is 50.7 Å². The number of nitrogens with one attached hydrogen (secondary N) is 2. The molecule has 1 unspecified atom stereocenters. The molecule has 2 saturated heterocycles. The summed E-state index contributed by atoms with van der Waals surface area (Å²) in [6.45, 7) is 1.34. The van der Waals surface area contributed by atoms with Gasteiger partial charge in [-0.1, -0.05) is 31.0 Å². The van der Waals surface area contributed by atoms with E-state index in [0.29, 0.717) is 18.0 Å². The quantitative estimate of drug-likeness (QED) is 0.372. The van der Waals surface area contributed by atoms with Crippen molar-refractivity contribution in [2.45, 2.75) is 51.0 Å². The van der Waals surface area contributed by atoms with Crippen molar-refractivity contribution in [3.05, 3.63) is 0 Å². The number of hydrogen-bond acceptors (Lipinski definition) is 7. The van der Waals surface area contributed by atoms with Gasteiger partial charge in [-0.3, -0.25) is 14.4 Å². The van der Waals surface area contributed by atoms with Gasteiger partial charge in [0.25, 0.3) is 0 Å². The fourth-order valence-corrected chi connectivity index (χ4v) is 6.31. The SMILES string of the molecule is CN1CCSC1=NNC(=O)C(=O)C(NC(=O)C1CCCCC1)C1CCN(S(C)(=O)=O)CC1.Cl. The third-order valence-corrected chi connectivity index (χ3v) is 8.81. The Bertz CT molecular complexity index is 855. The number of piperidine rings is 1. The van der Waals surface area contributed by atoms with Gasteiger partial charge < -0.3 is 10.2 Å². The van der Waals surface area contributed by atoms with Gasteiger partial charge in [0, 0.05) is 38.4 Å². The number of amides is 2. The lowest BCUT2D eigenvalue weighted by molar-refractivity contribution is -0.141. The summed E-state index contributed by atoms with van der Waals surface area (Å²) in [6, 6.07) is -0.986. The number of nitrogens with zero attached hydrogens (tertiary/aromatic N) is 3. The number of thioether (sulfide) groups is 1. The highest BCUT2D eigenvalue weighted by atomic mass is 35.5. The summed E-state index contributed by atoms with van der Waals surface area (Å²) < 4.78 is 25.0. The lowest BCUT2D eigenvalue weighted by atomic mass is 9.85. The molecule has 2 heterocycles. The molecule has 33 heavy (non-hydrogen) atoms. The van der Waals surface area contributed by atoms with E-state index < -0.39 is 27.8 Å². The van der Waals surface area contributed by atoms with Crippen LogP contribution in [0.5, 0.6) is 0 Å². The van der Waals surface area contributed by atoms with E-state index in [1.54, 1.807) is 0 Å². The first-order chi connectivity index (χ1) is 15.2. The smallest absolute Gasteiger partial charge is 0.309 e. The largest absolute Gasteiger partial charge is 0.352 e. The van der Waals surface area contributed by atoms with E-state index in [-0.39, 0.29) is 43.2 Å². The monoisotopic (exact) mass is 523 g/mol. The minimum atomic E-state index is -3.32. The number of hydrazone groups is 1. The molecule has 2 N–H and O–H groups in total. The van der Waals surface area contributed by atoms with Crippen LogP contribution in [0.2, 0.25) is 0 Å². The van der Waals surface area contributed by atoms with Gasteiger partial charge in [0.1, 0.15) is 6.04 Å². The van der Waals surface area contributed by atoms with Gasteiger partial charge in [-0.15, -0.1) is 17.5 Å². The highest BCUT2D eigenvalue weighted by Gasteiger charge is 2.38. The molecule has 2 amide bonds. The zero-order valence-corrected chi connectivity index (χ0v) is 21.6. The number of amidine groups is 1. The Labute approximate surface area is 206 Å². The average molecular weight is 524 g/mol. The second-order valence-electron chi connectivity index (χ2n) is 8.79. The third-order valence-electron chi connectivity index (χ3n) is 6.46. The lowest BCUT2D eigenvalue weighted by Crippen LogP contribution is -2.54. The fraction of sp³-hybridized carbons (Fsp3) is 0.800. The molecule has 3 aliphatic rings. The standard InChI is InChI=1S/C20H33N5O5S2.ClH/c1-24-12-13-31-20(24)23-22-19(28)17(26)16(21-18(27)15-6-4-3-5-7-15)14-8-10-25(11-9-14)32(2,29)30;/h14-16H,3-13H2,1-2H3,(H,21,27)(H,22,28);1H. The summed E-state index contributed by atoms with van der Waals surface area (Å²) in [5.41, 5.74) is 2.34. The van der Waals surface area contributed by atoms with Crippen LogP contribution in [0.25, 0.3) is 0 Å². The molecule has 188 valence electrons. The first-order valence-corrected chi connectivity index (χ1v) is 14.0. The molecule has 13 heteroatoms. The van der Waals surface area contributed by atoms with Crippen molar-refractivity contribution >= 4 is 57.0 Å². The summed E-state index contributed by atoms with van der Waals surface area (Å²) in [5, 5.41) is 7.53. The molecule has 0 spiro atoms. The number of carbonyl (C=O) groups excluding carboxylic acids is 3. The Kier molecular flexibility index (Phi) is 10.4. The molecule has 0 aromatic carbocycles. The van der Waals surface area contributed by atoms with Gasteiger partial charge in [0.05, 0.1) is 6.26 Å². The Morgan fingerprint density at radius 2 is 1.70 bits per heavy atom. The predicted octanol–water partition coefficient (Wildman–Crippen LogP) is 0.780. The summed E-state index contributed by atoms with van der Waals surface area (Å²) in [5.74, 6) is -1.39. The number of rotatable bonds is 7. The molecule has 0 aromatic heterocycles. The van der Waals surface area contributed by atoms with Gasteiger partial charge in [0.2, 0.25) is 21.7 Å². The summed E-state index contributed by atoms with van der Waals surface area (Å²) in [4.78, 5) is 40.5. The molecular formula is C20H34ClN5O5S2. The minimum Gasteiger partial charge on any atom is -0.352 e. The van der Waals surface area contributed by atoms with Crippen molar-refractivity contribution in [3.63, 3.8) is 0 Å². The van der Waals surface area contributed by atoms with Crippen LogP contribution in [0.1, 0.15) is 44.9 Å². The topological polar surface area (TPSA) is 128 Å². The van der Waals surface area contributed by atoms with Crippen molar-refractivity contribution < 1.29 is 22.8 Å². The van der Waals surface area contributed by atoms with Crippen molar-refractivity contribution in [2.24, 2.45) is 16.9 Å². The van der Waals surface area contributed by atoms with Crippen LogP contribution >= 0.6 is 24.2 Å². The minimum absolute atomic E-state index is 0. The third kappa shape index (κ3) is 7.56.